The molecule has 2 N–H and O–H groups in total. The van der Waals surface area contributed by atoms with Gasteiger partial charge in [-0.15, -0.1) is 0 Å². The van der Waals surface area contributed by atoms with Gasteiger partial charge in [0, 0.05) is 18.6 Å². The number of amides is 2. The van der Waals surface area contributed by atoms with Crippen molar-refractivity contribution in [2.45, 2.75) is 51.1 Å². The van der Waals surface area contributed by atoms with Gasteiger partial charge in [-0.1, -0.05) is 0 Å². The van der Waals surface area contributed by atoms with E-state index in [1.54, 1.807) is 4.90 Å². The number of nitrogens with one attached hydrogen (secondary N) is 1. The summed E-state index contributed by atoms with van der Waals surface area (Å²) in [6.07, 6.45) is 4.43. The molecule has 0 bridgehead atoms. The summed E-state index contributed by atoms with van der Waals surface area (Å²) in [7, 11) is 0. The molecule has 0 spiro atoms. The van der Waals surface area contributed by atoms with E-state index in [1.165, 1.54) is 12.8 Å². The molecule has 0 radical (unpaired) electrons. The van der Waals surface area contributed by atoms with Crippen molar-refractivity contribution in [3.63, 3.8) is 0 Å². The van der Waals surface area contributed by atoms with Crippen LogP contribution in [-0.4, -0.2) is 40.6 Å². The van der Waals surface area contributed by atoms with E-state index in [9.17, 15) is 9.59 Å². The summed E-state index contributed by atoms with van der Waals surface area (Å²) in [6, 6.07) is 0.391. The number of nitrogens with zero attached hydrogens (tertiary/aromatic N) is 1. The minimum Gasteiger partial charge on any atom is -0.481 e. The second kappa shape index (κ2) is 4.94. The molecule has 0 aromatic rings. The normalized spacial score (nSPS) is 20.8. The standard InChI is InChI=1S/C12H20N2O3/c1-8(9-2-3-9)13-12(17)14(10-4-5-10)7-6-11(15)16/h8-10H,2-7H2,1H3,(H,13,17)(H,15,16). The van der Waals surface area contributed by atoms with Gasteiger partial charge in [0.15, 0.2) is 0 Å². The van der Waals surface area contributed by atoms with Gasteiger partial charge in [-0.3, -0.25) is 4.79 Å². The fourth-order valence-corrected chi connectivity index (χ4v) is 2.04. The van der Waals surface area contributed by atoms with Crippen LogP contribution in [0.25, 0.3) is 0 Å². The number of rotatable bonds is 6. The monoisotopic (exact) mass is 240 g/mol. The lowest BCUT2D eigenvalue weighted by Crippen LogP contribution is -2.46. The quantitative estimate of drug-likeness (QED) is 0.738. The summed E-state index contributed by atoms with van der Waals surface area (Å²) in [5.41, 5.74) is 0. The molecule has 2 aliphatic rings. The van der Waals surface area contributed by atoms with Crippen LogP contribution in [0, 0.1) is 5.92 Å². The third kappa shape index (κ3) is 3.61. The highest BCUT2D eigenvalue weighted by molar-refractivity contribution is 5.76. The molecular formula is C12H20N2O3. The number of carbonyl (C=O) groups is 2. The molecule has 2 rings (SSSR count). The van der Waals surface area contributed by atoms with Gasteiger partial charge in [-0.05, 0) is 38.5 Å². The molecule has 2 saturated carbocycles. The molecule has 1 unspecified atom stereocenters. The van der Waals surface area contributed by atoms with Gasteiger partial charge in [0.2, 0.25) is 0 Å². The van der Waals surface area contributed by atoms with Crippen LogP contribution in [0.4, 0.5) is 4.79 Å². The number of carbonyl (C=O) groups excluding carboxylic acids is 1. The number of hydrogen-bond acceptors (Lipinski definition) is 2. The van der Waals surface area contributed by atoms with E-state index < -0.39 is 5.97 Å². The predicted octanol–water partition coefficient (Wildman–Crippen LogP) is 1.43. The molecular weight excluding hydrogens is 220 g/mol. The van der Waals surface area contributed by atoms with Crippen molar-refractivity contribution in [3.8, 4) is 0 Å². The Morgan fingerprint density at radius 2 is 2.00 bits per heavy atom. The SMILES string of the molecule is CC(NC(=O)N(CCC(=O)O)C1CC1)C1CC1. The molecule has 0 saturated heterocycles. The van der Waals surface area contributed by atoms with Gasteiger partial charge in [-0.25, -0.2) is 4.79 Å². The first kappa shape index (κ1) is 12.2. The van der Waals surface area contributed by atoms with Crippen LogP contribution in [0.2, 0.25) is 0 Å². The fraction of sp³-hybridized carbons (Fsp3) is 0.833. The molecule has 5 nitrogen and oxygen atoms in total. The highest BCUT2D eigenvalue weighted by atomic mass is 16.4. The number of carboxylic acids is 1. The van der Waals surface area contributed by atoms with Crippen LogP contribution in [0.1, 0.15) is 39.0 Å². The van der Waals surface area contributed by atoms with E-state index in [-0.39, 0.29) is 24.5 Å². The molecule has 1 atom stereocenters. The van der Waals surface area contributed by atoms with Crippen LogP contribution in [0.5, 0.6) is 0 Å². The third-order valence-corrected chi connectivity index (χ3v) is 3.50. The van der Waals surface area contributed by atoms with Crippen molar-refractivity contribution < 1.29 is 14.7 Å². The van der Waals surface area contributed by atoms with Gasteiger partial charge in [0.25, 0.3) is 0 Å². The molecule has 0 aromatic heterocycles. The second-order valence-corrected chi connectivity index (χ2v) is 5.14. The Morgan fingerprint density at radius 3 is 2.47 bits per heavy atom. The molecule has 2 aliphatic carbocycles. The highest BCUT2D eigenvalue weighted by Gasteiger charge is 2.35. The van der Waals surface area contributed by atoms with Crippen molar-refractivity contribution in [2.24, 2.45) is 5.92 Å². The molecule has 0 heterocycles. The summed E-state index contributed by atoms with van der Waals surface area (Å²) in [5.74, 6) is -0.224. The number of aliphatic carboxylic acids is 1. The summed E-state index contributed by atoms with van der Waals surface area (Å²) < 4.78 is 0. The minimum absolute atomic E-state index is 0.0295. The van der Waals surface area contributed by atoms with Crippen LogP contribution < -0.4 is 5.32 Å². The lowest BCUT2D eigenvalue weighted by atomic mass is 10.2. The Labute approximate surface area is 101 Å². The average Bonchev–Trinajstić information content (AvgIpc) is 3.11. The zero-order chi connectivity index (χ0) is 12.4. The Morgan fingerprint density at radius 1 is 1.35 bits per heavy atom. The summed E-state index contributed by atoms with van der Waals surface area (Å²) in [4.78, 5) is 24.2. The Hall–Kier alpha value is -1.26. The summed E-state index contributed by atoms with van der Waals surface area (Å²) in [5, 5.41) is 11.6. The molecule has 2 amide bonds. The first-order valence-corrected chi connectivity index (χ1v) is 6.37. The maximum atomic E-state index is 12.0. The van der Waals surface area contributed by atoms with Crippen molar-refractivity contribution in [1.82, 2.24) is 10.2 Å². The largest absolute Gasteiger partial charge is 0.481 e. The van der Waals surface area contributed by atoms with Crippen molar-refractivity contribution in [3.05, 3.63) is 0 Å². The molecule has 96 valence electrons. The molecule has 17 heavy (non-hydrogen) atoms. The highest BCUT2D eigenvalue weighted by Crippen LogP contribution is 2.33. The van der Waals surface area contributed by atoms with E-state index in [2.05, 4.69) is 5.32 Å². The van der Waals surface area contributed by atoms with E-state index in [1.807, 2.05) is 6.92 Å². The van der Waals surface area contributed by atoms with Crippen LogP contribution in [0.15, 0.2) is 0 Å². The van der Waals surface area contributed by atoms with Crippen LogP contribution in [0.3, 0.4) is 0 Å². The zero-order valence-electron chi connectivity index (χ0n) is 10.2. The van der Waals surface area contributed by atoms with Crippen molar-refractivity contribution in [2.75, 3.05) is 6.54 Å². The Kier molecular flexibility index (Phi) is 3.54. The zero-order valence-corrected chi connectivity index (χ0v) is 10.2. The van der Waals surface area contributed by atoms with E-state index in [4.69, 9.17) is 5.11 Å². The Balaban J connectivity index is 1.81. The number of urea groups is 1. The fourth-order valence-electron chi connectivity index (χ4n) is 2.04. The molecule has 5 heteroatoms. The lowest BCUT2D eigenvalue weighted by Gasteiger charge is -2.24. The first-order valence-electron chi connectivity index (χ1n) is 6.37. The predicted molar refractivity (Wildman–Crippen MR) is 62.7 cm³/mol. The molecule has 0 aliphatic heterocycles. The average molecular weight is 240 g/mol. The second-order valence-electron chi connectivity index (χ2n) is 5.14. The third-order valence-electron chi connectivity index (χ3n) is 3.50. The number of hydrogen-bond donors (Lipinski definition) is 2. The van der Waals surface area contributed by atoms with E-state index in [0.29, 0.717) is 12.5 Å². The Bertz CT molecular complexity index is 311. The van der Waals surface area contributed by atoms with Crippen LogP contribution in [-0.2, 0) is 4.79 Å². The van der Waals surface area contributed by atoms with E-state index >= 15 is 0 Å². The smallest absolute Gasteiger partial charge is 0.317 e. The number of carboxylic acid groups (broad SMARTS) is 1. The van der Waals surface area contributed by atoms with Crippen LogP contribution >= 0.6 is 0 Å². The topological polar surface area (TPSA) is 69.6 Å². The lowest BCUT2D eigenvalue weighted by molar-refractivity contribution is -0.137. The van der Waals surface area contributed by atoms with Gasteiger partial charge < -0.3 is 15.3 Å². The molecule has 2 fully saturated rings. The van der Waals surface area contributed by atoms with Gasteiger partial charge in [-0.2, -0.15) is 0 Å². The van der Waals surface area contributed by atoms with Gasteiger partial charge in [0.05, 0.1) is 6.42 Å². The van der Waals surface area contributed by atoms with Gasteiger partial charge >= 0.3 is 12.0 Å². The first-order chi connectivity index (χ1) is 8.08. The maximum absolute atomic E-state index is 12.0. The van der Waals surface area contributed by atoms with Crippen molar-refractivity contribution in [1.29, 1.82) is 0 Å². The summed E-state index contributed by atoms with van der Waals surface area (Å²) in [6.45, 7) is 2.35. The minimum atomic E-state index is -0.848. The molecule has 0 aromatic carbocycles. The summed E-state index contributed by atoms with van der Waals surface area (Å²) >= 11 is 0. The van der Waals surface area contributed by atoms with Gasteiger partial charge in [0.1, 0.15) is 0 Å². The van der Waals surface area contributed by atoms with E-state index in [0.717, 1.165) is 12.8 Å². The van der Waals surface area contributed by atoms with Crippen molar-refractivity contribution >= 4 is 12.0 Å². The maximum Gasteiger partial charge on any atom is 0.317 e.